The van der Waals surface area contributed by atoms with Crippen molar-refractivity contribution in [1.29, 1.82) is 0 Å². The minimum Gasteiger partial charge on any atom is -0.494 e. The van der Waals surface area contributed by atoms with E-state index in [1.807, 2.05) is 6.26 Å². The molecule has 86 valence electrons. The number of ether oxygens (including phenoxy) is 1. The molecule has 0 aromatic heterocycles. The van der Waals surface area contributed by atoms with Crippen LogP contribution in [0.25, 0.3) is 0 Å². The van der Waals surface area contributed by atoms with Crippen molar-refractivity contribution in [2.45, 2.75) is 4.90 Å². The van der Waals surface area contributed by atoms with E-state index < -0.39 is 11.8 Å². The summed E-state index contributed by atoms with van der Waals surface area (Å²) in [6.07, 6.45) is 1.82. The first-order chi connectivity index (χ1) is 7.51. The van der Waals surface area contributed by atoms with E-state index in [1.54, 1.807) is 0 Å². The zero-order chi connectivity index (χ0) is 12.3. The molecular formula is C10H9BrO4S. The molecule has 1 aromatic rings. The number of carboxylic acids is 1. The number of hydrogen-bond acceptors (Lipinski definition) is 4. The summed E-state index contributed by atoms with van der Waals surface area (Å²) in [5.74, 6) is -1.81. The number of hydrogen-bond donors (Lipinski definition) is 1. The molecule has 0 atom stereocenters. The zero-order valence-electron chi connectivity index (χ0n) is 8.61. The van der Waals surface area contributed by atoms with Crippen molar-refractivity contribution in [1.82, 2.24) is 0 Å². The van der Waals surface area contributed by atoms with Crippen LogP contribution in [0.1, 0.15) is 10.4 Å². The molecule has 1 rings (SSSR count). The lowest BCUT2D eigenvalue weighted by atomic mass is 10.1. The van der Waals surface area contributed by atoms with Gasteiger partial charge in [-0.15, -0.1) is 11.8 Å². The molecule has 0 radical (unpaired) electrons. The first kappa shape index (κ1) is 13.1. The molecule has 1 N–H and O–H groups in total. The largest absolute Gasteiger partial charge is 0.494 e. The Morgan fingerprint density at radius 1 is 1.44 bits per heavy atom. The van der Waals surface area contributed by atoms with E-state index in [0.717, 1.165) is 0 Å². The number of Topliss-reactive ketones (excluding diaryl/α,β-unsaturated/α-hetero) is 1. The number of aliphatic carboxylic acids is 1. The van der Waals surface area contributed by atoms with Crippen LogP contribution in [0.2, 0.25) is 0 Å². The molecule has 0 aliphatic carbocycles. The van der Waals surface area contributed by atoms with Crippen molar-refractivity contribution in [2.24, 2.45) is 0 Å². The van der Waals surface area contributed by atoms with Gasteiger partial charge in [0, 0.05) is 5.56 Å². The molecule has 4 nitrogen and oxygen atoms in total. The predicted octanol–water partition coefficient (Wildman–Crippen LogP) is 2.45. The topological polar surface area (TPSA) is 63.6 Å². The Balaban J connectivity index is 3.31. The number of carboxylic acid groups (broad SMARTS) is 1. The van der Waals surface area contributed by atoms with Gasteiger partial charge in [0.1, 0.15) is 5.75 Å². The molecular weight excluding hydrogens is 296 g/mol. The van der Waals surface area contributed by atoms with Crippen LogP contribution in [-0.4, -0.2) is 30.2 Å². The molecule has 16 heavy (non-hydrogen) atoms. The zero-order valence-corrected chi connectivity index (χ0v) is 11.0. The lowest BCUT2D eigenvalue weighted by molar-refractivity contribution is -0.131. The van der Waals surface area contributed by atoms with Crippen LogP contribution in [0.15, 0.2) is 21.5 Å². The van der Waals surface area contributed by atoms with Crippen LogP contribution in [0.4, 0.5) is 0 Å². The molecule has 0 unspecified atom stereocenters. The smallest absolute Gasteiger partial charge is 0.377 e. The van der Waals surface area contributed by atoms with E-state index in [9.17, 15) is 9.59 Å². The maximum absolute atomic E-state index is 11.3. The number of halogens is 1. The lowest BCUT2D eigenvalue weighted by Crippen LogP contribution is -2.12. The van der Waals surface area contributed by atoms with Gasteiger partial charge >= 0.3 is 5.97 Å². The highest BCUT2D eigenvalue weighted by Crippen LogP contribution is 2.36. The van der Waals surface area contributed by atoms with Crippen molar-refractivity contribution < 1.29 is 19.4 Å². The van der Waals surface area contributed by atoms with Crippen molar-refractivity contribution >= 4 is 39.4 Å². The van der Waals surface area contributed by atoms with Gasteiger partial charge in [-0.1, -0.05) is 0 Å². The second-order valence-corrected chi connectivity index (χ2v) is 4.53. The molecule has 0 spiro atoms. The standard InChI is InChI=1S/C10H9BrO4S/c1-15-9-6(11)3-5(4-7(9)16-2)8(12)10(13)14/h3-4H,1-2H3,(H,13,14). The Morgan fingerprint density at radius 3 is 2.50 bits per heavy atom. The highest BCUT2D eigenvalue weighted by Gasteiger charge is 2.18. The minimum absolute atomic E-state index is 0.129. The summed E-state index contributed by atoms with van der Waals surface area (Å²) in [6, 6.07) is 2.94. The second-order valence-electron chi connectivity index (χ2n) is 2.83. The first-order valence-electron chi connectivity index (χ1n) is 4.20. The van der Waals surface area contributed by atoms with Gasteiger partial charge in [-0.25, -0.2) is 4.79 Å². The Hall–Kier alpha value is -1.01. The van der Waals surface area contributed by atoms with Crippen LogP contribution >= 0.6 is 27.7 Å². The fourth-order valence-electron chi connectivity index (χ4n) is 1.17. The summed E-state index contributed by atoms with van der Waals surface area (Å²) in [6.45, 7) is 0. The molecule has 0 fully saturated rings. The molecule has 0 bridgehead atoms. The summed E-state index contributed by atoms with van der Waals surface area (Å²) in [4.78, 5) is 22.6. The summed E-state index contributed by atoms with van der Waals surface area (Å²) >= 11 is 4.61. The fourth-order valence-corrected chi connectivity index (χ4v) is 2.55. The van der Waals surface area contributed by atoms with Gasteiger partial charge in [-0.2, -0.15) is 0 Å². The van der Waals surface area contributed by atoms with Gasteiger partial charge < -0.3 is 9.84 Å². The monoisotopic (exact) mass is 304 g/mol. The number of carbonyl (C=O) groups is 2. The summed E-state index contributed by atoms with van der Waals surface area (Å²) in [5.41, 5.74) is 0.129. The Kier molecular flexibility index (Phi) is 4.37. The van der Waals surface area contributed by atoms with Gasteiger partial charge in [0.05, 0.1) is 16.5 Å². The van der Waals surface area contributed by atoms with E-state index in [4.69, 9.17) is 9.84 Å². The van der Waals surface area contributed by atoms with Gasteiger partial charge in [0.25, 0.3) is 5.78 Å². The fraction of sp³-hybridized carbons (Fsp3) is 0.200. The number of ketones is 1. The number of methoxy groups -OCH3 is 1. The van der Waals surface area contributed by atoms with E-state index in [1.165, 1.54) is 31.0 Å². The molecule has 0 heterocycles. The van der Waals surface area contributed by atoms with Crippen molar-refractivity contribution in [3.63, 3.8) is 0 Å². The van der Waals surface area contributed by atoms with Crippen molar-refractivity contribution in [2.75, 3.05) is 13.4 Å². The SMILES string of the molecule is COc1c(Br)cc(C(=O)C(=O)O)cc1SC. The highest BCUT2D eigenvalue weighted by atomic mass is 79.9. The Morgan fingerprint density at radius 2 is 2.06 bits per heavy atom. The van der Waals surface area contributed by atoms with Crippen molar-refractivity contribution in [3.05, 3.63) is 22.2 Å². The molecule has 0 amide bonds. The molecule has 6 heteroatoms. The number of carbonyl (C=O) groups excluding carboxylic acids is 1. The number of benzene rings is 1. The van der Waals surface area contributed by atoms with Gasteiger partial charge in [-0.05, 0) is 34.3 Å². The van der Waals surface area contributed by atoms with Gasteiger partial charge in [-0.3, -0.25) is 4.79 Å². The predicted molar refractivity (Wildman–Crippen MR) is 64.4 cm³/mol. The van der Waals surface area contributed by atoms with E-state index in [-0.39, 0.29) is 5.56 Å². The summed E-state index contributed by atoms with van der Waals surface area (Å²) in [7, 11) is 1.51. The number of thioether (sulfide) groups is 1. The van der Waals surface area contributed by atoms with Gasteiger partial charge in [0.15, 0.2) is 0 Å². The van der Waals surface area contributed by atoms with Crippen LogP contribution in [-0.2, 0) is 4.79 Å². The lowest BCUT2D eigenvalue weighted by Gasteiger charge is -2.09. The molecule has 0 saturated carbocycles. The maximum atomic E-state index is 11.3. The molecule has 1 aromatic carbocycles. The van der Waals surface area contributed by atoms with Gasteiger partial charge in [0.2, 0.25) is 0 Å². The van der Waals surface area contributed by atoms with Crippen molar-refractivity contribution in [3.8, 4) is 5.75 Å². The van der Waals surface area contributed by atoms with Crippen LogP contribution in [0, 0.1) is 0 Å². The Bertz CT molecular complexity index is 445. The first-order valence-corrected chi connectivity index (χ1v) is 6.22. The summed E-state index contributed by atoms with van der Waals surface area (Å²) < 4.78 is 5.70. The quantitative estimate of drug-likeness (QED) is 0.526. The Labute approximate surface area is 105 Å². The van der Waals surface area contributed by atoms with E-state index in [0.29, 0.717) is 15.1 Å². The minimum atomic E-state index is -1.47. The van der Waals surface area contributed by atoms with E-state index >= 15 is 0 Å². The second kappa shape index (κ2) is 5.36. The van der Waals surface area contributed by atoms with Crippen LogP contribution in [0.3, 0.4) is 0 Å². The molecule has 0 aliphatic rings. The van der Waals surface area contributed by atoms with E-state index in [2.05, 4.69) is 15.9 Å². The summed E-state index contributed by atoms with van der Waals surface area (Å²) in [5, 5.41) is 8.61. The molecule has 0 aliphatic heterocycles. The highest BCUT2D eigenvalue weighted by molar-refractivity contribution is 9.10. The number of rotatable bonds is 4. The average Bonchev–Trinajstić information content (AvgIpc) is 2.26. The normalized spacial score (nSPS) is 9.94. The van der Waals surface area contributed by atoms with Crippen LogP contribution < -0.4 is 4.74 Å². The van der Waals surface area contributed by atoms with Crippen LogP contribution in [0.5, 0.6) is 5.75 Å². The molecule has 0 saturated heterocycles. The third kappa shape index (κ3) is 2.56. The average molecular weight is 305 g/mol. The third-order valence-corrected chi connectivity index (χ3v) is 3.22. The maximum Gasteiger partial charge on any atom is 0.377 e. The third-order valence-electron chi connectivity index (χ3n) is 1.89.